The fourth-order valence-corrected chi connectivity index (χ4v) is 1.76. The number of aliphatic carboxylic acids is 1. The number of nitrogens with zero attached hydrogens (tertiary/aromatic N) is 1. The van der Waals surface area contributed by atoms with Crippen molar-refractivity contribution in [2.75, 3.05) is 25.0 Å². The minimum Gasteiger partial charge on any atom is -0.479 e. The van der Waals surface area contributed by atoms with Crippen LogP contribution in [0.3, 0.4) is 0 Å². The summed E-state index contributed by atoms with van der Waals surface area (Å²) in [6.07, 6.45) is 1.03. The molecule has 0 saturated carbocycles. The van der Waals surface area contributed by atoms with E-state index in [0.29, 0.717) is 5.56 Å². The number of anilines is 1. The van der Waals surface area contributed by atoms with Crippen molar-refractivity contribution in [1.29, 1.82) is 0 Å². The lowest BCUT2D eigenvalue weighted by Crippen LogP contribution is -2.46. The third kappa shape index (κ3) is 4.75. The number of hydrogen-bond acceptors (Lipinski definition) is 4. The van der Waals surface area contributed by atoms with Crippen LogP contribution in [0.15, 0.2) is 24.3 Å². The van der Waals surface area contributed by atoms with E-state index in [9.17, 15) is 14.7 Å². The molecule has 0 bridgehead atoms. The Kier molecular flexibility index (Phi) is 5.72. The van der Waals surface area contributed by atoms with Crippen LogP contribution in [0.1, 0.15) is 30.6 Å². The van der Waals surface area contributed by atoms with Crippen LogP contribution in [-0.4, -0.2) is 47.8 Å². The Bertz CT molecular complexity index is 497. The number of carboxylic acids is 1. The zero-order chi connectivity index (χ0) is 16.0. The van der Waals surface area contributed by atoms with Crippen molar-refractivity contribution in [3.8, 4) is 0 Å². The molecule has 1 aromatic rings. The molecule has 0 aliphatic carbocycles. The standard InChI is InChI=1S/C15H22N2O4/c1-4-9-17(3)12-7-5-11(6-8-12)13(18)16-10-15(2,21)14(19)20/h5-8,21H,4,9-10H2,1-3H3,(H,16,18)(H,19,20). The van der Waals surface area contributed by atoms with E-state index >= 15 is 0 Å². The first kappa shape index (κ1) is 17.0. The van der Waals surface area contributed by atoms with E-state index in [-0.39, 0.29) is 6.54 Å². The summed E-state index contributed by atoms with van der Waals surface area (Å²) < 4.78 is 0. The van der Waals surface area contributed by atoms with Crippen LogP contribution in [0, 0.1) is 0 Å². The van der Waals surface area contributed by atoms with Crippen molar-refractivity contribution in [1.82, 2.24) is 5.32 Å². The minimum atomic E-state index is -1.98. The fraction of sp³-hybridized carbons (Fsp3) is 0.467. The number of carboxylic acid groups (broad SMARTS) is 1. The average Bonchev–Trinajstić information content (AvgIpc) is 2.45. The number of carbonyl (C=O) groups excluding carboxylic acids is 1. The van der Waals surface area contributed by atoms with Gasteiger partial charge >= 0.3 is 5.97 Å². The van der Waals surface area contributed by atoms with Crippen molar-refractivity contribution in [3.05, 3.63) is 29.8 Å². The number of aliphatic hydroxyl groups is 1. The van der Waals surface area contributed by atoms with Crippen LogP contribution in [-0.2, 0) is 4.79 Å². The van der Waals surface area contributed by atoms with Gasteiger partial charge in [-0.05, 0) is 37.6 Å². The van der Waals surface area contributed by atoms with E-state index in [1.807, 2.05) is 19.2 Å². The molecular formula is C15H22N2O4. The van der Waals surface area contributed by atoms with Gasteiger partial charge in [0, 0.05) is 24.8 Å². The van der Waals surface area contributed by atoms with Crippen molar-refractivity contribution in [3.63, 3.8) is 0 Å². The second-order valence-electron chi connectivity index (χ2n) is 5.23. The molecule has 1 rings (SSSR count). The molecule has 0 aromatic heterocycles. The van der Waals surface area contributed by atoms with E-state index in [1.54, 1.807) is 12.1 Å². The first-order chi connectivity index (χ1) is 9.77. The third-order valence-electron chi connectivity index (χ3n) is 3.18. The lowest BCUT2D eigenvalue weighted by atomic mass is 10.1. The monoisotopic (exact) mass is 294 g/mol. The summed E-state index contributed by atoms with van der Waals surface area (Å²) in [5, 5.41) is 20.7. The Morgan fingerprint density at radius 2 is 1.86 bits per heavy atom. The normalized spacial score (nSPS) is 13.3. The van der Waals surface area contributed by atoms with Gasteiger partial charge in [0.1, 0.15) is 0 Å². The molecule has 0 spiro atoms. The van der Waals surface area contributed by atoms with Crippen molar-refractivity contribution in [2.45, 2.75) is 25.9 Å². The van der Waals surface area contributed by atoms with Crippen LogP contribution in [0.4, 0.5) is 5.69 Å². The first-order valence-corrected chi connectivity index (χ1v) is 6.83. The summed E-state index contributed by atoms with van der Waals surface area (Å²) in [5.41, 5.74) is -0.549. The second-order valence-corrected chi connectivity index (χ2v) is 5.23. The van der Waals surface area contributed by atoms with Gasteiger partial charge in [-0.2, -0.15) is 0 Å². The van der Waals surface area contributed by atoms with Crippen LogP contribution < -0.4 is 10.2 Å². The molecule has 0 aliphatic heterocycles. The zero-order valence-electron chi connectivity index (χ0n) is 12.6. The van der Waals surface area contributed by atoms with E-state index in [0.717, 1.165) is 25.6 Å². The van der Waals surface area contributed by atoms with Gasteiger partial charge in [0.2, 0.25) is 0 Å². The quantitative estimate of drug-likeness (QED) is 0.700. The van der Waals surface area contributed by atoms with Gasteiger partial charge in [0.15, 0.2) is 5.60 Å². The molecule has 1 amide bonds. The van der Waals surface area contributed by atoms with Crippen molar-refractivity contribution in [2.24, 2.45) is 0 Å². The molecule has 1 aromatic carbocycles. The Morgan fingerprint density at radius 3 is 2.33 bits per heavy atom. The summed E-state index contributed by atoms with van der Waals surface area (Å²) in [6.45, 7) is 3.80. The lowest BCUT2D eigenvalue weighted by Gasteiger charge is -2.19. The van der Waals surface area contributed by atoms with Gasteiger partial charge in [0.25, 0.3) is 5.91 Å². The molecule has 6 heteroatoms. The molecule has 21 heavy (non-hydrogen) atoms. The summed E-state index contributed by atoms with van der Waals surface area (Å²) in [5.74, 6) is -1.79. The van der Waals surface area contributed by atoms with E-state index in [4.69, 9.17) is 5.11 Å². The van der Waals surface area contributed by atoms with Crippen LogP contribution in [0.5, 0.6) is 0 Å². The largest absolute Gasteiger partial charge is 0.479 e. The highest BCUT2D eigenvalue weighted by Crippen LogP contribution is 2.14. The van der Waals surface area contributed by atoms with Crippen LogP contribution in [0.25, 0.3) is 0 Å². The van der Waals surface area contributed by atoms with Gasteiger partial charge in [-0.3, -0.25) is 4.79 Å². The smallest absolute Gasteiger partial charge is 0.337 e. The molecule has 0 aliphatic rings. The molecule has 0 saturated heterocycles. The van der Waals surface area contributed by atoms with Gasteiger partial charge in [-0.15, -0.1) is 0 Å². The Morgan fingerprint density at radius 1 is 1.29 bits per heavy atom. The molecule has 0 heterocycles. The minimum absolute atomic E-state index is 0.349. The van der Waals surface area contributed by atoms with E-state index in [1.165, 1.54) is 0 Å². The number of nitrogens with one attached hydrogen (secondary N) is 1. The van der Waals surface area contributed by atoms with Gasteiger partial charge < -0.3 is 20.4 Å². The predicted molar refractivity (Wildman–Crippen MR) is 80.6 cm³/mol. The van der Waals surface area contributed by atoms with Crippen LogP contribution in [0.2, 0.25) is 0 Å². The van der Waals surface area contributed by atoms with Crippen molar-refractivity contribution < 1.29 is 19.8 Å². The highest BCUT2D eigenvalue weighted by atomic mass is 16.4. The third-order valence-corrected chi connectivity index (χ3v) is 3.18. The Labute approximate surface area is 124 Å². The van der Waals surface area contributed by atoms with Gasteiger partial charge in [-0.25, -0.2) is 4.79 Å². The summed E-state index contributed by atoms with van der Waals surface area (Å²) in [6, 6.07) is 7.01. The topological polar surface area (TPSA) is 89.9 Å². The zero-order valence-corrected chi connectivity index (χ0v) is 12.6. The maximum absolute atomic E-state index is 11.9. The highest BCUT2D eigenvalue weighted by Gasteiger charge is 2.30. The highest BCUT2D eigenvalue weighted by molar-refractivity contribution is 5.95. The van der Waals surface area contributed by atoms with Crippen molar-refractivity contribution >= 4 is 17.6 Å². The number of amides is 1. The molecule has 0 radical (unpaired) electrons. The van der Waals surface area contributed by atoms with Gasteiger partial charge in [-0.1, -0.05) is 6.92 Å². The first-order valence-electron chi connectivity index (χ1n) is 6.83. The summed E-state index contributed by atoms with van der Waals surface area (Å²) >= 11 is 0. The van der Waals surface area contributed by atoms with E-state index < -0.39 is 17.5 Å². The number of hydrogen-bond donors (Lipinski definition) is 3. The SMILES string of the molecule is CCCN(C)c1ccc(C(=O)NCC(C)(O)C(=O)O)cc1. The molecule has 1 atom stereocenters. The molecule has 0 fully saturated rings. The number of benzene rings is 1. The summed E-state index contributed by atoms with van der Waals surface area (Å²) in [7, 11) is 1.97. The fourth-order valence-electron chi connectivity index (χ4n) is 1.76. The van der Waals surface area contributed by atoms with E-state index in [2.05, 4.69) is 17.1 Å². The molecule has 3 N–H and O–H groups in total. The number of rotatable bonds is 7. The molecule has 1 unspecified atom stereocenters. The average molecular weight is 294 g/mol. The lowest BCUT2D eigenvalue weighted by molar-refractivity contribution is -0.155. The number of carbonyl (C=O) groups is 2. The maximum Gasteiger partial charge on any atom is 0.337 e. The summed E-state index contributed by atoms with van der Waals surface area (Å²) in [4.78, 5) is 24.7. The Hall–Kier alpha value is -2.08. The van der Waals surface area contributed by atoms with Gasteiger partial charge in [0.05, 0.1) is 6.54 Å². The second kappa shape index (κ2) is 7.08. The maximum atomic E-state index is 11.9. The Balaban J connectivity index is 2.65. The predicted octanol–water partition coefficient (Wildman–Crippen LogP) is 1.10. The molecule has 116 valence electrons. The molecular weight excluding hydrogens is 272 g/mol. The van der Waals surface area contributed by atoms with Crippen LogP contribution >= 0.6 is 0 Å². The molecule has 6 nitrogen and oxygen atoms in total.